The molecule has 0 heterocycles. The Balaban J connectivity index is 2.08. The van der Waals surface area contributed by atoms with E-state index in [2.05, 4.69) is 5.32 Å². The quantitative estimate of drug-likeness (QED) is 0.888. The third kappa shape index (κ3) is 4.07. The summed E-state index contributed by atoms with van der Waals surface area (Å²) in [6, 6.07) is 14.6. The van der Waals surface area contributed by atoms with Crippen LogP contribution in [-0.2, 0) is 11.2 Å². The van der Waals surface area contributed by atoms with Gasteiger partial charge in [-0.2, -0.15) is 0 Å². The van der Waals surface area contributed by atoms with Gasteiger partial charge in [-0.05, 0) is 30.7 Å². The van der Waals surface area contributed by atoms with Crippen LogP contribution in [-0.4, -0.2) is 18.1 Å². The van der Waals surface area contributed by atoms with E-state index in [0.29, 0.717) is 11.3 Å². The Labute approximate surface area is 124 Å². The Bertz CT molecular complexity index is 623. The van der Waals surface area contributed by atoms with Gasteiger partial charge in [-0.3, -0.25) is 4.79 Å². The fraction of sp³-hybridized carbons (Fsp3) is 0.235. The molecular weight excluding hydrogens is 266 g/mol. The van der Waals surface area contributed by atoms with Crippen LogP contribution in [0.5, 0.6) is 5.75 Å². The fourth-order valence-electron chi connectivity index (χ4n) is 2.14. The second-order valence-electron chi connectivity index (χ2n) is 4.84. The summed E-state index contributed by atoms with van der Waals surface area (Å²) >= 11 is 0. The molecule has 0 aliphatic carbocycles. The first-order valence-electron chi connectivity index (χ1n) is 6.80. The van der Waals surface area contributed by atoms with Crippen LogP contribution in [0.2, 0.25) is 0 Å². The SMILES string of the molecule is COc1cccc(CC(=O)Nc2ccccc2C(C)O)c1. The molecule has 4 heteroatoms. The number of hydrogen-bond acceptors (Lipinski definition) is 3. The van der Waals surface area contributed by atoms with Crippen LogP contribution in [0.3, 0.4) is 0 Å². The molecule has 0 saturated carbocycles. The zero-order valence-corrected chi connectivity index (χ0v) is 12.2. The second kappa shape index (κ2) is 6.90. The lowest BCUT2D eigenvalue weighted by molar-refractivity contribution is -0.115. The van der Waals surface area contributed by atoms with Gasteiger partial charge in [0.25, 0.3) is 0 Å². The average Bonchev–Trinajstić information content (AvgIpc) is 2.47. The smallest absolute Gasteiger partial charge is 0.228 e. The van der Waals surface area contributed by atoms with E-state index in [9.17, 15) is 9.90 Å². The van der Waals surface area contributed by atoms with Crippen LogP contribution >= 0.6 is 0 Å². The lowest BCUT2D eigenvalue weighted by Gasteiger charge is -2.13. The first kappa shape index (κ1) is 15.1. The minimum absolute atomic E-state index is 0.128. The molecule has 110 valence electrons. The van der Waals surface area contributed by atoms with Crippen molar-refractivity contribution in [2.75, 3.05) is 12.4 Å². The van der Waals surface area contributed by atoms with Crippen LogP contribution < -0.4 is 10.1 Å². The molecule has 0 spiro atoms. The van der Waals surface area contributed by atoms with E-state index >= 15 is 0 Å². The second-order valence-corrected chi connectivity index (χ2v) is 4.84. The molecule has 2 aromatic rings. The van der Waals surface area contributed by atoms with Crippen LogP contribution in [0.1, 0.15) is 24.2 Å². The Morgan fingerprint density at radius 3 is 2.71 bits per heavy atom. The molecule has 0 fully saturated rings. The predicted octanol–water partition coefficient (Wildman–Crippen LogP) is 2.93. The highest BCUT2D eigenvalue weighted by Gasteiger charge is 2.10. The molecular formula is C17H19NO3. The maximum Gasteiger partial charge on any atom is 0.228 e. The van der Waals surface area contributed by atoms with Gasteiger partial charge in [0, 0.05) is 11.3 Å². The minimum Gasteiger partial charge on any atom is -0.497 e. The maximum atomic E-state index is 12.1. The summed E-state index contributed by atoms with van der Waals surface area (Å²) in [7, 11) is 1.60. The summed E-state index contributed by atoms with van der Waals surface area (Å²) in [5, 5.41) is 12.5. The van der Waals surface area contributed by atoms with Gasteiger partial charge in [0.1, 0.15) is 5.75 Å². The molecule has 2 aromatic carbocycles. The summed E-state index contributed by atoms with van der Waals surface area (Å²) in [6.45, 7) is 1.67. The van der Waals surface area contributed by atoms with Gasteiger partial charge < -0.3 is 15.2 Å². The largest absolute Gasteiger partial charge is 0.497 e. The number of aliphatic hydroxyl groups is 1. The molecule has 4 nitrogen and oxygen atoms in total. The summed E-state index contributed by atoms with van der Waals surface area (Å²) in [6.07, 6.45) is -0.371. The molecule has 2 N–H and O–H groups in total. The standard InChI is InChI=1S/C17H19NO3/c1-12(19)15-8-3-4-9-16(15)18-17(20)11-13-6-5-7-14(10-13)21-2/h3-10,12,19H,11H2,1-2H3,(H,18,20). The zero-order chi connectivity index (χ0) is 15.2. The molecule has 0 bridgehead atoms. The van der Waals surface area contributed by atoms with Crippen molar-refractivity contribution in [2.45, 2.75) is 19.4 Å². The number of methoxy groups -OCH3 is 1. The molecule has 0 radical (unpaired) electrons. The number of benzene rings is 2. The molecule has 0 aromatic heterocycles. The minimum atomic E-state index is -0.627. The topological polar surface area (TPSA) is 58.6 Å². The zero-order valence-electron chi connectivity index (χ0n) is 12.2. The van der Waals surface area contributed by atoms with E-state index in [1.54, 1.807) is 26.2 Å². The van der Waals surface area contributed by atoms with Gasteiger partial charge >= 0.3 is 0 Å². The Morgan fingerprint density at radius 1 is 1.24 bits per heavy atom. The number of carbonyl (C=O) groups excluding carboxylic acids is 1. The number of carbonyl (C=O) groups is 1. The highest BCUT2D eigenvalue weighted by Crippen LogP contribution is 2.22. The van der Waals surface area contributed by atoms with E-state index in [-0.39, 0.29) is 12.3 Å². The van der Waals surface area contributed by atoms with Crippen molar-refractivity contribution < 1.29 is 14.6 Å². The molecule has 1 atom stereocenters. The summed E-state index contributed by atoms with van der Waals surface area (Å²) in [5.74, 6) is 0.598. The molecule has 0 aliphatic heterocycles. The van der Waals surface area contributed by atoms with Crippen LogP contribution in [0, 0.1) is 0 Å². The van der Waals surface area contributed by atoms with E-state index < -0.39 is 6.10 Å². The van der Waals surface area contributed by atoms with Crippen molar-refractivity contribution in [1.82, 2.24) is 0 Å². The third-order valence-electron chi connectivity index (χ3n) is 3.18. The first-order valence-corrected chi connectivity index (χ1v) is 6.80. The third-order valence-corrected chi connectivity index (χ3v) is 3.18. The molecule has 2 rings (SSSR count). The van der Waals surface area contributed by atoms with E-state index in [1.807, 2.05) is 36.4 Å². The van der Waals surface area contributed by atoms with Gasteiger partial charge in [-0.25, -0.2) is 0 Å². The first-order chi connectivity index (χ1) is 10.1. The predicted molar refractivity (Wildman–Crippen MR) is 82.4 cm³/mol. The number of ether oxygens (including phenoxy) is 1. The molecule has 0 aliphatic rings. The average molecular weight is 285 g/mol. The maximum absolute atomic E-state index is 12.1. The number of anilines is 1. The van der Waals surface area contributed by atoms with Crippen molar-refractivity contribution in [3.8, 4) is 5.75 Å². The number of hydrogen-bond donors (Lipinski definition) is 2. The van der Waals surface area contributed by atoms with Gasteiger partial charge in [0.05, 0.1) is 19.6 Å². The Morgan fingerprint density at radius 2 is 2.00 bits per heavy atom. The molecule has 1 amide bonds. The molecule has 1 unspecified atom stereocenters. The lowest BCUT2D eigenvalue weighted by atomic mass is 10.1. The fourth-order valence-corrected chi connectivity index (χ4v) is 2.14. The molecule has 21 heavy (non-hydrogen) atoms. The van der Waals surface area contributed by atoms with Gasteiger partial charge in [-0.15, -0.1) is 0 Å². The van der Waals surface area contributed by atoms with Gasteiger partial charge in [-0.1, -0.05) is 30.3 Å². The number of amides is 1. The summed E-state index contributed by atoms with van der Waals surface area (Å²) in [5.41, 5.74) is 2.22. The van der Waals surface area contributed by atoms with E-state index in [4.69, 9.17) is 4.74 Å². The van der Waals surface area contributed by atoms with Crippen LogP contribution in [0.25, 0.3) is 0 Å². The number of aliphatic hydroxyl groups excluding tert-OH is 1. The highest BCUT2D eigenvalue weighted by molar-refractivity contribution is 5.93. The van der Waals surface area contributed by atoms with Crippen molar-refractivity contribution in [3.63, 3.8) is 0 Å². The lowest BCUT2D eigenvalue weighted by Crippen LogP contribution is -2.16. The van der Waals surface area contributed by atoms with Crippen molar-refractivity contribution in [2.24, 2.45) is 0 Å². The van der Waals surface area contributed by atoms with Crippen molar-refractivity contribution >= 4 is 11.6 Å². The number of nitrogens with one attached hydrogen (secondary N) is 1. The van der Waals surface area contributed by atoms with Crippen molar-refractivity contribution in [1.29, 1.82) is 0 Å². The molecule has 0 saturated heterocycles. The monoisotopic (exact) mass is 285 g/mol. The highest BCUT2D eigenvalue weighted by atomic mass is 16.5. The Hall–Kier alpha value is -2.33. The normalized spacial score (nSPS) is 11.8. The van der Waals surface area contributed by atoms with Gasteiger partial charge in [0.2, 0.25) is 5.91 Å². The van der Waals surface area contributed by atoms with E-state index in [0.717, 1.165) is 11.3 Å². The summed E-state index contributed by atoms with van der Waals surface area (Å²) in [4.78, 5) is 12.1. The van der Waals surface area contributed by atoms with Crippen molar-refractivity contribution in [3.05, 3.63) is 59.7 Å². The van der Waals surface area contributed by atoms with E-state index in [1.165, 1.54) is 0 Å². The number of rotatable bonds is 5. The number of para-hydroxylation sites is 1. The van der Waals surface area contributed by atoms with Gasteiger partial charge in [0.15, 0.2) is 0 Å². The van der Waals surface area contributed by atoms with Crippen LogP contribution in [0.4, 0.5) is 5.69 Å². The van der Waals surface area contributed by atoms with Crippen LogP contribution in [0.15, 0.2) is 48.5 Å². The summed E-state index contributed by atoms with van der Waals surface area (Å²) < 4.78 is 5.14. The Kier molecular flexibility index (Phi) is 4.95.